The molecule has 1 aromatic rings. The molecule has 3 unspecified atom stereocenters. The van der Waals surface area contributed by atoms with Crippen LogP contribution in [0, 0.1) is 11.3 Å². The number of rotatable bonds is 4. The van der Waals surface area contributed by atoms with Gasteiger partial charge in [0.25, 0.3) is 0 Å². The standard InChI is InChI=1S/C15H26N2O2/c1-5-15(2,3)13-7-6-11(18)8-14(13)17-10-12(19-4)9-16-17/h9-11,13-14,18H,5-8H2,1-4H3. The maximum Gasteiger partial charge on any atom is 0.156 e. The summed E-state index contributed by atoms with van der Waals surface area (Å²) in [5, 5.41) is 14.4. The lowest BCUT2D eigenvalue weighted by Gasteiger charge is -2.43. The fraction of sp³-hybridized carbons (Fsp3) is 0.800. The van der Waals surface area contributed by atoms with Crippen LogP contribution in [0.2, 0.25) is 0 Å². The van der Waals surface area contributed by atoms with E-state index in [1.54, 1.807) is 13.3 Å². The molecule has 4 nitrogen and oxygen atoms in total. The van der Waals surface area contributed by atoms with Crippen LogP contribution in [0.3, 0.4) is 0 Å². The molecule has 1 fully saturated rings. The van der Waals surface area contributed by atoms with Crippen LogP contribution >= 0.6 is 0 Å². The summed E-state index contributed by atoms with van der Waals surface area (Å²) in [6.45, 7) is 6.89. The summed E-state index contributed by atoms with van der Waals surface area (Å²) in [6.07, 6.45) is 7.39. The predicted octanol–water partition coefficient (Wildman–Crippen LogP) is 3.03. The molecule has 0 aliphatic heterocycles. The molecule has 4 heteroatoms. The highest BCUT2D eigenvalue weighted by molar-refractivity contribution is 5.12. The highest BCUT2D eigenvalue weighted by Crippen LogP contribution is 2.46. The van der Waals surface area contributed by atoms with E-state index < -0.39 is 0 Å². The van der Waals surface area contributed by atoms with Crippen molar-refractivity contribution in [3.8, 4) is 5.75 Å². The van der Waals surface area contributed by atoms with Crippen molar-refractivity contribution in [2.75, 3.05) is 7.11 Å². The molecule has 3 atom stereocenters. The average Bonchev–Trinajstić information content (AvgIpc) is 2.87. The molecule has 1 aromatic heterocycles. The number of ether oxygens (including phenoxy) is 1. The van der Waals surface area contributed by atoms with Gasteiger partial charge >= 0.3 is 0 Å². The maximum atomic E-state index is 9.99. The van der Waals surface area contributed by atoms with Gasteiger partial charge in [-0.3, -0.25) is 4.68 Å². The van der Waals surface area contributed by atoms with Crippen LogP contribution in [0.4, 0.5) is 0 Å². The molecule has 0 bridgehead atoms. The first-order valence-electron chi connectivity index (χ1n) is 7.24. The van der Waals surface area contributed by atoms with Crippen LogP contribution in [0.15, 0.2) is 12.4 Å². The third-order valence-electron chi connectivity index (χ3n) is 4.86. The lowest BCUT2D eigenvalue weighted by Crippen LogP contribution is -2.38. The van der Waals surface area contributed by atoms with Crippen molar-refractivity contribution in [1.82, 2.24) is 9.78 Å². The molecule has 19 heavy (non-hydrogen) atoms. The minimum atomic E-state index is -0.205. The molecular weight excluding hydrogens is 240 g/mol. The van der Waals surface area contributed by atoms with Crippen LogP contribution in [-0.4, -0.2) is 28.1 Å². The van der Waals surface area contributed by atoms with E-state index in [4.69, 9.17) is 4.74 Å². The quantitative estimate of drug-likeness (QED) is 0.911. The molecule has 0 saturated heterocycles. The fourth-order valence-electron chi connectivity index (χ4n) is 3.20. The molecule has 1 heterocycles. The third-order valence-corrected chi connectivity index (χ3v) is 4.86. The van der Waals surface area contributed by atoms with Crippen molar-refractivity contribution in [2.24, 2.45) is 11.3 Å². The summed E-state index contributed by atoms with van der Waals surface area (Å²) in [5.74, 6) is 1.33. The Kier molecular flexibility index (Phi) is 4.19. The highest BCUT2D eigenvalue weighted by Gasteiger charge is 2.39. The van der Waals surface area contributed by atoms with E-state index in [0.717, 1.165) is 31.4 Å². The van der Waals surface area contributed by atoms with Crippen molar-refractivity contribution in [2.45, 2.75) is 58.6 Å². The van der Waals surface area contributed by atoms with Crippen LogP contribution in [-0.2, 0) is 0 Å². The Labute approximate surface area is 115 Å². The van der Waals surface area contributed by atoms with Crippen molar-refractivity contribution < 1.29 is 9.84 Å². The molecule has 0 amide bonds. The van der Waals surface area contributed by atoms with E-state index in [-0.39, 0.29) is 17.6 Å². The fourth-order valence-corrected chi connectivity index (χ4v) is 3.20. The molecule has 0 radical (unpaired) electrons. The summed E-state index contributed by atoms with van der Waals surface area (Å²) in [4.78, 5) is 0. The van der Waals surface area contributed by atoms with Gasteiger partial charge in [0.15, 0.2) is 5.75 Å². The van der Waals surface area contributed by atoms with E-state index in [9.17, 15) is 5.11 Å². The van der Waals surface area contributed by atoms with Crippen LogP contribution in [0.5, 0.6) is 5.75 Å². The van der Waals surface area contributed by atoms with Gasteiger partial charge < -0.3 is 9.84 Å². The molecule has 0 spiro atoms. The van der Waals surface area contributed by atoms with E-state index in [1.807, 2.05) is 10.9 Å². The molecule has 0 aromatic carbocycles. The Hall–Kier alpha value is -1.03. The van der Waals surface area contributed by atoms with E-state index in [2.05, 4.69) is 25.9 Å². The zero-order valence-corrected chi connectivity index (χ0v) is 12.5. The van der Waals surface area contributed by atoms with Crippen LogP contribution in [0.1, 0.15) is 52.5 Å². The van der Waals surface area contributed by atoms with E-state index in [0.29, 0.717) is 5.92 Å². The SMILES string of the molecule is CCC(C)(C)C1CCC(O)CC1n1cc(OC)cn1. The van der Waals surface area contributed by atoms with Crippen molar-refractivity contribution >= 4 is 0 Å². The van der Waals surface area contributed by atoms with Crippen LogP contribution in [0.25, 0.3) is 0 Å². The maximum absolute atomic E-state index is 9.99. The smallest absolute Gasteiger partial charge is 0.156 e. The van der Waals surface area contributed by atoms with Crippen molar-refractivity contribution in [1.29, 1.82) is 0 Å². The number of aliphatic hydroxyl groups is 1. The second kappa shape index (κ2) is 5.53. The Morgan fingerprint density at radius 2 is 2.21 bits per heavy atom. The highest BCUT2D eigenvalue weighted by atomic mass is 16.5. The van der Waals surface area contributed by atoms with Gasteiger partial charge in [-0.25, -0.2) is 0 Å². The number of aliphatic hydroxyl groups excluding tert-OH is 1. The average molecular weight is 266 g/mol. The van der Waals surface area contributed by atoms with Gasteiger partial charge in [0.05, 0.1) is 31.6 Å². The monoisotopic (exact) mass is 266 g/mol. The van der Waals surface area contributed by atoms with Crippen LogP contribution < -0.4 is 4.74 Å². The van der Waals surface area contributed by atoms with Gasteiger partial charge in [0.2, 0.25) is 0 Å². The first-order chi connectivity index (χ1) is 8.97. The van der Waals surface area contributed by atoms with Gasteiger partial charge in [-0.15, -0.1) is 0 Å². The summed E-state index contributed by atoms with van der Waals surface area (Å²) >= 11 is 0. The second-order valence-electron chi connectivity index (χ2n) is 6.34. The first kappa shape index (κ1) is 14.4. The van der Waals surface area contributed by atoms with Gasteiger partial charge in [0.1, 0.15) is 0 Å². The number of aromatic nitrogens is 2. The number of nitrogens with zero attached hydrogens (tertiary/aromatic N) is 2. The molecule has 1 aliphatic rings. The predicted molar refractivity (Wildman–Crippen MR) is 75.2 cm³/mol. The number of hydrogen-bond donors (Lipinski definition) is 1. The number of hydrogen-bond acceptors (Lipinski definition) is 3. The third kappa shape index (κ3) is 2.94. The van der Waals surface area contributed by atoms with Gasteiger partial charge in [0, 0.05) is 0 Å². The summed E-state index contributed by atoms with van der Waals surface area (Å²) in [6, 6.07) is 0.266. The van der Waals surface area contributed by atoms with Gasteiger partial charge in [-0.05, 0) is 30.6 Å². The topological polar surface area (TPSA) is 47.3 Å². The largest absolute Gasteiger partial charge is 0.493 e. The normalized spacial score (nSPS) is 28.4. The lowest BCUT2D eigenvalue weighted by atomic mass is 9.66. The minimum absolute atomic E-state index is 0.205. The van der Waals surface area contributed by atoms with Crippen molar-refractivity contribution in [3.05, 3.63) is 12.4 Å². The Bertz CT molecular complexity index is 414. The first-order valence-corrected chi connectivity index (χ1v) is 7.24. The summed E-state index contributed by atoms with van der Waals surface area (Å²) < 4.78 is 7.20. The second-order valence-corrected chi connectivity index (χ2v) is 6.34. The number of methoxy groups -OCH3 is 1. The molecule has 2 rings (SSSR count). The Morgan fingerprint density at radius 1 is 1.47 bits per heavy atom. The van der Waals surface area contributed by atoms with E-state index in [1.165, 1.54) is 0 Å². The minimum Gasteiger partial charge on any atom is -0.493 e. The zero-order chi connectivity index (χ0) is 14.0. The summed E-state index contributed by atoms with van der Waals surface area (Å²) in [7, 11) is 1.66. The zero-order valence-electron chi connectivity index (χ0n) is 12.5. The van der Waals surface area contributed by atoms with Gasteiger partial charge in [-0.2, -0.15) is 5.10 Å². The van der Waals surface area contributed by atoms with Crippen molar-refractivity contribution in [3.63, 3.8) is 0 Å². The molecule has 1 N–H and O–H groups in total. The Balaban J connectivity index is 2.26. The summed E-state index contributed by atoms with van der Waals surface area (Å²) in [5.41, 5.74) is 0.268. The molecule has 1 aliphatic carbocycles. The lowest BCUT2D eigenvalue weighted by molar-refractivity contribution is 0.0171. The Morgan fingerprint density at radius 3 is 2.79 bits per heavy atom. The molecule has 1 saturated carbocycles. The molecule has 108 valence electrons. The van der Waals surface area contributed by atoms with E-state index >= 15 is 0 Å². The van der Waals surface area contributed by atoms with Gasteiger partial charge in [-0.1, -0.05) is 27.2 Å². The molecular formula is C15H26N2O2.